The lowest BCUT2D eigenvalue weighted by Crippen LogP contribution is -2.27. The van der Waals surface area contributed by atoms with Crippen LogP contribution in [0.5, 0.6) is 0 Å². The van der Waals surface area contributed by atoms with Crippen LogP contribution in [0.3, 0.4) is 0 Å². The van der Waals surface area contributed by atoms with E-state index in [0.717, 1.165) is 31.6 Å². The minimum atomic E-state index is -0.164. The summed E-state index contributed by atoms with van der Waals surface area (Å²) < 4.78 is 18.5. The van der Waals surface area contributed by atoms with Crippen molar-refractivity contribution in [2.24, 2.45) is 11.7 Å². The number of halogens is 2. The summed E-state index contributed by atoms with van der Waals surface area (Å²) in [4.78, 5) is 0. The maximum absolute atomic E-state index is 13.1. The largest absolute Gasteiger partial charge is 0.381 e. The number of nitrogens with two attached hydrogens (primary N) is 1. The van der Waals surface area contributed by atoms with Crippen LogP contribution >= 0.6 is 12.4 Å². The molecule has 2 rings (SSSR count). The fraction of sp³-hybridized carbons (Fsp3) is 0.538. The Labute approximate surface area is 108 Å². The molecule has 0 amide bonds. The van der Waals surface area contributed by atoms with Gasteiger partial charge >= 0.3 is 0 Å². The number of benzene rings is 1. The van der Waals surface area contributed by atoms with Gasteiger partial charge in [0.2, 0.25) is 0 Å². The third kappa shape index (κ3) is 3.41. The van der Waals surface area contributed by atoms with Gasteiger partial charge in [-0.25, -0.2) is 4.39 Å². The molecule has 0 spiro atoms. The Kier molecular flexibility index (Phi) is 5.37. The van der Waals surface area contributed by atoms with Crippen molar-refractivity contribution in [3.8, 4) is 0 Å². The predicted molar refractivity (Wildman–Crippen MR) is 68.9 cm³/mol. The zero-order valence-electron chi connectivity index (χ0n) is 9.99. The van der Waals surface area contributed by atoms with Crippen LogP contribution in [-0.2, 0) is 4.74 Å². The van der Waals surface area contributed by atoms with Crippen LogP contribution in [0.4, 0.5) is 4.39 Å². The van der Waals surface area contributed by atoms with Crippen LogP contribution in [0.2, 0.25) is 0 Å². The van der Waals surface area contributed by atoms with E-state index in [4.69, 9.17) is 10.5 Å². The molecular formula is C13H19ClFNO. The molecule has 17 heavy (non-hydrogen) atoms. The first-order chi connectivity index (χ1) is 7.68. The smallest absolute Gasteiger partial charge is 0.126 e. The standard InChI is InChI=1S/C13H18FNO.ClH/c1-9-8-11(2-3-12(9)14)13(15)10-4-6-16-7-5-10;/h2-3,8,10,13H,4-7,15H2,1H3;1H/t13-;/m1./s1. The highest BCUT2D eigenvalue weighted by atomic mass is 35.5. The molecule has 0 bridgehead atoms. The molecule has 1 saturated heterocycles. The first-order valence-electron chi connectivity index (χ1n) is 5.78. The quantitative estimate of drug-likeness (QED) is 0.886. The Morgan fingerprint density at radius 2 is 2.00 bits per heavy atom. The molecule has 4 heteroatoms. The summed E-state index contributed by atoms with van der Waals surface area (Å²) in [6.45, 7) is 3.35. The average molecular weight is 260 g/mol. The van der Waals surface area contributed by atoms with E-state index in [2.05, 4.69) is 0 Å². The molecule has 1 aromatic carbocycles. The summed E-state index contributed by atoms with van der Waals surface area (Å²) in [5, 5.41) is 0. The zero-order valence-corrected chi connectivity index (χ0v) is 10.8. The van der Waals surface area contributed by atoms with E-state index >= 15 is 0 Å². The van der Waals surface area contributed by atoms with Crippen LogP contribution in [-0.4, -0.2) is 13.2 Å². The van der Waals surface area contributed by atoms with Gasteiger partial charge in [-0.15, -0.1) is 12.4 Å². The monoisotopic (exact) mass is 259 g/mol. The second-order valence-electron chi connectivity index (χ2n) is 4.48. The molecule has 2 N–H and O–H groups in total. The lowest BCUT2D eigenvalue weighted by atomic mass is 9.87. The highest BCUT2D eigenvalue weighted by molar-refractivity contribution is 5.85. The molecule has 0 aliphatic carbocycles. The van der Waals surface area contributed by atoms with Gasteiger partial charge in [-0.2, -0.15) is 0 Å². The molecule has 1 fully saturated rings. The van der Waals surface area contributed by atoms with Crippen LogP contribution in [0.25, 0.3) is 0 Å². The van der Waals surface area contributed by atoms with Gasteiger partial charge in [-0.05, 0) is 42.9 Å². The number of hydrogen-bond donors (Lipinski definition) is 1. The van der Waals surface area contributed by atoms with Crippen LogP contribution in [0, 0.1) is 18.7 Å². The van der Waals surface area contributed by atoms with Crippen molar-refractivity contribution in [3.63, 3.8) is 0 Å². The molecule has 1 heterocycles. The number of hydrogen-bond acceptors (Lipinski definition) is 2. The molecule has 1 atom stereocenters. The fourth-order valence-corrected chi connectivity index (χ4v) is 2.22. The highest BCUT2D eigenvalue weighted by Crippen LogP contribution is 2.28. The van der Waals surface area contributed by atoms with Crippen molar-refractivity contribution < 1.29 is 9.13 Å². The van der Waals surface area contributed by atoms with Crippen molar-refractivity contribution in [1.29, 1.82) is 0 Å². The van der Waals surface area contributed by atoms with Crippen LogP contribution < -0.4 is 5.73 Å². The summed E-state index contributed by atoms with van der Waals surface area (Å²) in [5.74, 6) is 0.293. The maximum Gasteiger partial charge on any atom is 0.126 e. The van der Waals surface area contributed by atoms with Gasteiger partial charge in [0.05, 0.1) is 0 Å². The SMILES string of the molecule is Cc1cc([C@H](N)C2CCOCC2)ccc1F.Cl. The molecule has 1 aliphatic heterocycles. The predicted octanol–water partition coefficient (Wildman–Crippen LogP) is 2.98. The van der Waals surface area contributed by atoms with Crippen molar-refractivity contribution in [2.75, 3.05) is 13.2 Å². The Hall–Kier alpha value is -0.640. The van der Waals surface area contributed by atoms with Gasteiger partial charge < -0.3 is 10.5 Å². The minimum absolute atomic E-state index is 0. The summed E-state index contributed by atoms with van der Waals surface area (Å²) in [6.07, 6.45) is 2.00. The topological polar surface area (TPSA) is 35.2 Å². The third-order valence-corrected chi connectivity index (χ3v) is 3.34. The molecule has 1 aromatic rings. The molecule has 0 unspecified atom stereocenters. The summed E-state index contributed by atoms with van der Waals surface area (Å²) in [7, 11) is 0. The molecule has 0 aromatic heterocycles. The number of aryl methyl sites for hydroxylation is 1. The molecule has 0 saturated carbocycles. The Morgan fingerprint density at radius 1 is 1.35 bits per heavy atom. The van der Waals surface area contributed by atoms with E-state index < -0.39 is 0 Å². The van der Waals surface area contributed by atoms with Gasteiger partial charge in [0.15, 0.2) is 0 Å². The van der Waals surface area contributed by atoms with Crippen LogP contribution in [0.1, 0.15) is 30.0 Å². The summed E-state index contributed by atoms with van der Waals surface area (Å²) in [6, 6.07) is 5.16. The molecular weight excluding hydrogens is 241 g/mol. The maximum atomic E-state index is 13.1. The number of rotatable bonds is 2. The van der Waals surface area contributed by atoms with Gasteiger partial charge in [0.1, 0.15) is 5.82 Å². The first kappa shape index (κ1) is 14.4. The number of ether oxygens (including phenoxy) is 1. The second kappa shape index (κ2) is 6.34. The first-order valence-corrected chi connectivity index (χ1v) is 5.78. The normalized spacial score (nSPS) is 18.5. The Morgan fingerprint density at radius 3 is 2.59 bits per heavy atom. The fourth-order valence-electron chi connectivity index (χ4n) is 2.22. The average Bonchev–Trinajstić information content (AvgIpc) is 2.33. The van der Waals surface area contributed by atoms with E-state index in [9.17, 15) is 4.39 Å². The van der Waals surface area contributed by atoms with Crippen molar-refractivity contribution in [2.45, 2.75) is 25.8 Å². The molecule has 96 valence electrons. The van der Waals surface area contributed by atoms with Crippen molar-refractivity contribution in [3.05, 3.63) is 35.1 Å². The Bertz CT molecular complexity index is 366. The van der Waals surface area contributed by atoms with Gasteiger partial charge in [-0.1, -0.05) is 12.1 Å². The lowest BCUT2D eigenvalue weighted by Gasteiger charge is -2.28. The third-order valence-electron chi connectivity index (χ3n) is 3.34. The van der Waals surface area contributed by atoms with Crippen LogP contribution in [0.15, 0.2) is 18.2 Å². The Balaban J connectivity index is 0.00000144. The van der Waals surface area contributed by atoms with E-state index in [0.29, 0.717) is 11.5 Å². The molecule has 1 aliphatic rings. The van der Waals surface area contributed by atoms with Crippen molar-refractivity contribution in [1.82, 2.24) is 0 Å². The van der Waals surface area contributed by atoms with E-state index in [1.165, 1.54) is 6.07 Å². The second-order valence-corrected chi connectivity index (χ2v) is 4.48. The van der Waals surface area contributed by atoms with Gasteiger partial charge in [0, 0.05) is 19.3 Å². The van der Waals surface area contributed by atoms with E-state index in [1.54, 1.807) is 13.0 Å². The lowest BCUT2D eigenvalue weighted by molar-refractivity contribution is 0.0583. The minimum Gasteiger partial charge on any atom is -0.381 e. The molecule has 2 nitrogen and oxygen atoms in total. The van der Waals surface area contributed by atoms with E-state index in [-0.39, 0.29) is 24.3 Å². The zero-order chi connectivity index (χ0) is 11.5. The van der Waals surface area contributed by atoms with Gasteiger partial charge in [0.25, 0.3) is 0 Å². The summed E-state index contributed by atoms with van der Waals surface area (Å²) >= 11 is 0. The highest BCUT2D eigenvalue weighted by Gasteiger charge is 2.22. The van der Waals surface area contributed by atoms with E-state index in [1.807, 2.05) is 6.07 Å². The van der Waals surface area contributed by atoms with Crippen molar-refractivity contribution >= 4 is 12.4 Å². The molecule has 0 radical (unpaired) electrons. The summed E-state index contributed by atoms with van der Waals surface area (Å²) in [5.41, 5.74) is 7.91. The van der Waals surface area contributed by atoms with Gasteiger partial charge in [-0.3, -0.25) is 0 Å².